The first-order valence-electron chi connectivity index (χ1n) is 4.70. The lowest BCUT2D eigenvalue weighted by atomic mass is 10.0. The number of nitrogens with zero attached hydrogens (tertiary/aromatic N) is 1. The SMILES string of the molecule is C/C=C1/CCN=C/C1=C/C.CC. The van der Waals surface area contributed by atoms with Crippen LogP contribution in [0.3, 0.4) is 0 Å². The summed E-state index contributed by atoms with van der Waals surface area (Å²) < 4.78 is 0. The van der Waals surface area contributed by atoms with Crippen LogP contribution in [0.15, 0.2) is 28.3 Å². The predicted octanol–water partition coefficient (Wildman–Crippen LogP) is 3.38. The molecule has 0 saturated carbocycles. The molecule has 0 bridgehead atoms. The average molecular weight is 165 g/mol. The topological polar surface area (TPSA) is 12.4 Å². The van der Waals surface area contributed by atoms with Crippen molar-refractivity contribution >= 4 is 6.21 Å². The van der Waals surface area contributed by atoms with Crippen LogP contribution in [-0.2, 0) is 0 Å². The Morgan fingerprint density at radius 3 is 2.33 bits per heavy atom. The molecule has 1 aliphatic rings. The number of aliphatic imine (C=N–C) groups is 1. The van der Waals surface area contributed by atoms with Gasteiger partial charge in [-0.15, -0.1) is 0 Å². The minimum absolute atomic E-state index is 0.955. The maximum atomic E-state index is 4.19. The van der Waals surface area contributed by atoms with Gasteiger partial charge in [-0.3, -0.25) is 4.99 Å². The third-order valence-electron chi connectivity index (χ3n) is 1.77. The third-order valence-corrected chi connectivity index (χ3v) is 1.77. The van der Waals surface area contributed by atoms with E-state index in [1.54, 1.807) is 0 Å². The molecule has 1 heteroatoms. The van der Waals surface area contributed by atoms with Crippen molar-refractivity contribution in [2.75, 3.05) is 6.54 Å². The van der Waals surface area contributed by atoms with Crippen LogP contribution in [0.1, 0.15) is 34.1 Å². The highest BCUT2D eigenvalue weighted by atomic mass is 14.7. The quantitative estimate of drug-likeness (QED) is 0.522. The number of allylic oxidation sites excluding steroid dienone is 3. The lowest BCUT2D eigenvalue weighted by Crippen LogP contribution is -2.00. The van der Waals surface area contributed by atoms with Gasteiger partial charge in [0.05, 0.1) is 0 Å². The second kappa shape index (κ2) is 6.84. The Balaban J connectivity index is 0.000000561. The maximum Gasteiger partial charge on any atom is 0.0430 e. The van der Waals surface area contributed by atoms with Gasteiger partial charge in [-0.25, -0.2) is 0 Å². The molecule has 0 aromatic rings. The Morgan fingerprint density at radius 1 is 1.25 bits per heavy atom. The second-order valence-electron chi connectivity index (χ2n) is 2.34. The fourth-order valence-corrected chi connectivity index (χ4v) is 1.15. The van der Waals surface area contributed by atoms with Gasteiger partial charge in [0, 0.05) is 12.8 Å². The summed E-state index contributed by atoms with van der Waals surface area (Å²) in [5.41, 5.74) is 2.71. The zero-order valence-corrected chi connectivity index (χ0v) is 8.59. The summed E-state index contributed by atoms with van der Waals surface area (Å²) in [6.45, 7) is 9.09. The van der Waals surface area contributed by atoms with Gasteiger partial charge in [-0.2, -0.15) is 0 Å². The molecule has 0 aromatic heterocycles. The van der Waals surface area contributed by atoms with Crippen LogP contribution < -0.4 is 0 Å². The molecule has 12 heavy (non-hydrogen) atoms. The number of hydrogen-bond donors (Lipinski definition) is 0. The Kier molecular flexibility index (Phi) is 6.35. The molecule has 0 amide bonds. The summed E-state index contributed by atoms with van der Waals surface area (Å²) >= 11 is 0. The Labute approximate surface area is 75.9 Å². The molecule has 0 aliphatic carbocycles. The highest BCUT2D eigenvalue weighted by Crippen LogP contribution is 2.15. The highest BCUT2D eigenvalue weighted by Gasteiger charge is 2.03. The van der Waals surface area contributed by atoms with E-state index >= 15 is 0 Å². The summed E-state index contributed by atoms with van der Waals surface area (Å²) in [6.07, 6.45) is 7.34. The number of rotatable bonds is 0. The van der Waals surface area contributed by atoms with Gasteiger partial charge in [0.2, 0.25) is 0 Å². The Bertz CT molecular complexity index is 197. The molecule has 1 nitrogen and oxygen atoms in total. The molecule has 68 valence electrons. The fraction of sp³-hybridized carbons (Fsp3) is 0.545. The van der Waals surface area contributed by atoms with E-state index in [1.165, 1.54) is 11.1 Å². The molecule has 1 heterocycles. The molecule has 1 aliphatic heterocycles. The zero-order chi connectivity index (χ0) is 9.40. The van der Waals surface area contributed by atoms with Crippen LogP contribution in [-0.4, -0.2) is 12.8 Å². The van der Waals surface area contributed by atoms with Crippen LogP contribution in [0, 0.1) is 0 Å². The van der Waals surface area contributed by atoms with E-state index in [2.05, 4.69) is 31.0 Å². The fourth-order valence-electron chi connectivity index (χ4n) is 1.15. The van der Waals surface area contributed by atoms with Gasteiger partial charge in [0.25, 0.3) is 0 Å². The second-order valence-corrected chi connectivity index (χ2v) is 2.34. The monoisotopic (exact) mass is 165 g/mol. The molecule has 0 radical (unpaired) electrons. The smallest absolute Gasteiger partial charge is 0.0430 e. The van der Waals surface area contributed by atoms with Crippen molar-refractivity contribution in [1.82, 2.24) is 0 Å². The Morgan fingerprint density at radius 2 is 1.92 bits per heavy atom. The lowest BCUT2D eigenvalue weighted by molar-refractivity contribution is 0.946. The largest absolute Gasteiger partial charge is 0.292 e. The molecule has 0 aromatic carbocycles. The van der Waals surface area contributed by atoms with Crippen molar-refractivity contribution in [2.24, 2.45) is 4.99 Å². The van der Waals surface area contributed by atoms with Gasteiger partial charge >= 0.3 is 0 Å². The number of hydrogen-bond acceptors (Lipinski definition) is 1. The molecule has 0 N–H and O–H groups in total. The average Bonchev–Trinajstić information content (AvgIpc) is 2.20. The molecule has 0 saturated heterocycles. The normalized spacial score (nSPS) is 22.3. The molecule has 1 rings (SSSR count). The molecule has 0 fully saturated rings. The standard InChI is InChI=1S/C9H13N.C2H6/c1-3-8-5-6-10-7-9(8)4-2;1-2/h3-4,7H,5-6H2,1-2H3;1-2H3/b8-3-,9-4-;. The van der Waals surface area contributed by atoms with E-state index in [9.17, 15) is 0 Å². The Hall–Kier alpha value is -0.850. The molecular formula is C11H19N. The van der Waals surface area contributed by atoms with Crippen LogP contribution >= 0.6 is 0 Å². The van der Waals surface area contributed by atoms with Crippen molar-refractivity contribution in [2.45, 2.75) is 34.1 Å². The van der Waals surface area contributed by atoms with Crippen molar-refractivity contribution in [3.8, 4) is 0 Å². The third kappa shape index (κ3) is 3.04. The first-order chi connectivity index (χ1) is 5.88. The molecule has 0 unspecified atom stereocenters. The highest BCUT2D eigenvalue weighted by molar-refractivity contribution is 5.85. The summed E-state index contributed by atoms with van der Waals surface area (Å²) in [5.74, 6) is 0. The van der Waals surface area contributed by atoms with E-state index in [0.717, 1.165) is 13.0 Å². The predicted molar refractivity (Wildman–Crippen MR) is 56.8 cm³/mol. The van der Waals surface area contributed by atoms with Crippen LogP contribution in [0.25, 0.3) is 0 Å². The minimum atomic E-state index is 0.955. The van der Waals surface area contributed by atoms with Crippen LogP contribution in [0.2, 0.25) is 0 Å². The van der Waals surface area contributed by atoms with Crippen LogP contribution in [0.4, 0.5) is 0 Å². The van der Waals surface area contributed by atoms with Gasteiger partial charge < -0.3 is 0 Å². The molecule has 0 spiro atoms. The molecular weight excluding hydrogens is 146 g/mol. The van der Waals surface area contributed by atoms with Gasteiger partial charge in [0.1, 0.15) is 0 Å². The summed E-state index contributed by atoms with van der Waals surface area (Å²) in [5, 5.41) is 0. The van der Waals surface area contributed by atoms with E-state index in [-0.39, 0.29) is 0 Å². The summed E-state index contributed by atoms with van der Waals surface area (Å²) in [6, 6.07) is 0. The van der Waals surface area contributed by atoms with Crippen molar-refractivity contribution in [3.63, 3.8) is 0 Å². The van der Waals surface area contributed by atoms with E-state index in [0.29, 0.717) is 0 Å². The van der Waals surface area contributed by atoms with Gasteiger partial charge in [-0.05, 0) is 31.4 Å². The van der Waals surface area contributed by atoms with E-state index < -0.39 is 0 Å². The van der Waals surface area contributed by atoms with Crippen molar-refractivity contribution in [1.29, 1.82) is 0 Å². The van der Waals surface area contributed by atoms with Gasteiger partial charge in [0.15, 0.2) is 0 Å². The van der Waals surface area contributed by atoms with Crippen molar-refractivity contribution in [3.05, 3.63) is 23.3 Å². The van der Waals surface area contributed by atoms with Gasteiger partial charge in [-0.1, -0.05) is 26.0 Å². The maximum absolute atomic E-state index is 4.19. The van der Waals surface area contributed by atoms with E-state index in [1.807, 2.05) is 20.1 Å². The first-order valence-corrected chi connectivity index (χ1v) is 4.70. The van der Waals surface area contributed by atoms with Crippen molar-refractivity contribution < 1.29 is 0 Å². The lowest BCUT2D eigenvalue weighted by Gasteiger charge is -2.10. The first kappa shape index (κ1) is 11.2. The van der Waals surface area contributed by atoms with Crippen LogP contribution in [0.5, 0.6) is 0 Å². The zero-order valence-electron chi connectivity index (χ0n) is 8.59. The molecule has 0 atom stereocenters. The minimum Gasteiger partial charge on any atom is -0.292 e. The summed E-state index contributed by atoms with van der Waals surface area (Å²) in [4.78, 5) is 4.19. The van der Waals surface area contributed by atoms with E-state index in [4.69, 9.17) is 0 Å². The summed E-state index contributed by atoms with van der Waals surface area (Å²) in [7, 11) is 0.